The summed E-state index contributed by atoms with van der Waals surface area (Å²) < 4.78 is 21.9. The van der Waals surface area contributed by atoms with Crippen LogP contribution in [0.3, 0.4) is 0 Å². The molecule has 10 nitrogen and oxygen atoms in total. The number of benzene rings is 3. The second-order valence-corrected chi connectivity index (χ2v) is 9.55. The van der Waals surface area contributed by atoms with Crippen LogP contribution in [-0.4, -0.2) is 34.9 Å². The third kappa shape index (κ3) is 5.11. The number of carbonyl (C=O) groups excluding carboxylic acids is 2. The van der Waals surface area contributed by atoms with E-state index in [0.717, 1.165) is 16.7 Å². The molecule has 0 N–H and O–H groups in total. The van der Waals surface area contributed by atoms with Gasteiger partial charge in [-0.25, -0.2) is 0 Å². The normalized spacial score (nSPS) is 15.3. The number of carbonyl (C=O) groups is 2. The summed E-state index contributed by atoms with van der Waals surface area (Å²) in [6.07, 6.45) is 1.58. The number of halogens is 1. The summed E-state index contributed by atoms with van der Waals surface area (Å²) in [5.74, 6) is 1.29. The average Bonchev–Trinajstić information content (AvgIpc) is 3.46. The van der Waals surface area contributed by atoms with Gasteiger partial charge >= 0.3 is 0 Å². The maximum absolute atomic E-state index is 13.0. The predicted octanol–water partition coefficient (Wildman–Crippen LogP) is 5.80. The van der Waals surface area contributed by atoms with Crippen molar-refractivity contribution in [3.8, 4) is 23.0 Å². The molecule has 5 rings (SSSR count). The lowest BCUT2D eigenvalue weighted by Gasteiger charge is -2.14. The minimum atomic E-state index is -0.466. The molecule has 2 aliphatic rings. The highest BCUT2D eigenvalue weighted by molar-refractivity contribution is 8.18. The molecule has 0 atom stereocenters. The Kier molecular flexibility index (Phi) is 7.12. The first kappa shape index (κ1) is 25.4. The number of rotatable bonds is 8. The van der Waals surface area contributed by atoms with Gasteiger partial charge in [0.2, 0.25) is 6.79 Å². The van der Waals surface area contributed by atoms with Crippen LogP contribution >= 0.6 is 23.4 Å². The summed E-state index contributed by atoms with van der Waals surface area (Å²) in [5, 5.41) is 11.2. The van der Waals surface area contributed by atoms with Gasteiger partial charge in [-0.3, -0.25) is 24.6 Å². The lowest BCUT2D eigenvalue weighted by molar-refractivity contribution is -0.385. The molecule has 3 aromatic carbocycles. The highest BCUT2D eigenvalue weighted by Crippen LogP contribution is 2.40. The van der Waals surface area contributed by atoms with Crippen molar-refractivity contribution < 1.29 is 33.5 Å². The van der Waals surface area contributed by atoms with E-state index in [1.54, 1.807) is 54.6 Å². The van der Waals surface area contributed by atoms with Crippen LogP contribution in [0.15, 0.2) is 59.5 Å². The van der Waals surface area contributed by atoms with E-state index in [1.165, 1.54) is 13.2 Å². The van der Waals surface area contributed by atoms with E-state index in [0.29, 0.717) is 44.7 Å². The second kappa shape index (κ2) is 10.6. The molecule has 0 saturated carbocycles. The predicted molar refractivity (Wildman–Crippen MR) is 140 cm³/mol. The van der Waals surface area contributed by atoms with Gasteiger partial charge in [0, 0.05) is 17.2 Å². The molecule has 0 aliphatic carbocycles. The third-order valence-corrected chi connectivity index (χ3v) is 7.06. The van der Waals surface area contributed by atoms with Crippen LogP contribution in [0.25, 0.3) is 6.08 Å². The Morgan fingerprint density at radius 2 is 1.84 bits per heavy atom. The van der Waals surface area contributed by atoms with E-state index < -0.39 is 16.1 Å². The molecule has 2 heterocycles. The number of nitro benzene ring substituents is 1. The number of thioether (sulfide) groups is 1. The van der Waals surface area contributed by atoms with E-state index in [1.807, 2.05) is 0 Å². The zero-order chi connectivity index (χ0) is 26.8. The molecular formula is C26H19ClN2O8S. The smallest absolute Gasteiger partial charge is 0.293 e. The lowest BCUT2D eigenvalue weighted by Crippen LogP contribution is -2.27. The van der Waals surface area contributed by atoms with Gasteiger partial charge in [-0.05, 0) is 53.2 Å². The SMILES string of the molecule is COc1cc(/C=C2\SC(=O)N(Cc3cc4c(cc3Cl)OCO4)C2=O)ccc1OCc1ccccc1[N+](=O)[O-]. The summed E-state index contributed by atoms with van der Waals surface area (Å²) in [4.78, 5) is 37.8. The first-order valence-electron chi connectivity index (χ1n) is 11.2. The Labute approximate surface area is 225 Å². The monoisotopic (exact) mass is 554 g/mol. The van der Waals surface area contributed by atoms with E-state index in [9.17, 15) is 19.7 Å². The van der Waals surface area contributed by atoms with Crippen LogP contribution < -0.4 is 18.9 Å². The van der Waals surface area contributed by atoms with Gasteiger partial charge in [0.1, 0.15) is 6.61 Å². The standard InChI is InChI=1S/C26H19ClN2O8S/c1-34-21-8-15(6-7-20(21)35-13-16-4-2-3-5-19(16)29(32)33)9-24-25(30)28(26(31)38-24)12-17-10-22-23(11-18(17)27)37-14-36-22/h2-11H,12-14H2,1H3/b24-9-. The lowest BCUT2D eigenvalue weighted by atomic mass is 10.1. The van der Waals surface area contributed by atoms with Crippen LogP contribution in [0.1, 0.15) is 16.7 Å². The molecule has 3 aromatic rings. The summed E-state index contributed by atoms with van der Waals surface area (Å²) in [6, 6.07) is 14.5. The van der Waals surface area contributed by atoms with Crippen LogP contribution in [0, 0.1) is 10.1 Å². The molecule has 2 aliphatic heterocycles. The van der Waals surface area contributed by atoms with Gasteiger partial charge in [-0.15, -0.1) is 0 Å². The molecular weight excluding hydrogens is 536 g/mol. The Balaban J connectivity index is 1.31. The second-order valence-electron chi connectivity index (χ2n) is 8.15. The van der Waals surface area contributed by atoms with Gasteiger partial charge in [0.15, 0.2) is 23.0 Å². The summed E-state index contributed by atoms with van der Waals surface area (Å²) in [5.41, 5.74) is 1.54. The van der Waals surface area contributed by atoms with Gasteiger partial charge < -0.3 is 18.9 Å². The fourth-order valence-electron chi connectivity index (χ4n) is 3.90. The number of para-hydroxylation sites is 1. The van der Waals surface area contributed by atoms with Crippen molar-refractivity contribution in [3.05, 3.63) is 91.3 Å². The van der Waals surface area contributed by atoms with E-state index >= 15 is 0 Å². The minimum absolute atomic E-state index is 0.0147. The van der Waals surface area contributed by atoms with Crippen molar-refractivity contribution in [3.63, 3.8) is 0 Å². The first-order chi connectivity index (χ1) is 18.3. The van der Waals surface area contributed by atoms with Gasteiger partial charge in [0.05, 0.1) is 29.0 Å². The molecule has 194 valence electrons. The Bertz CT molecular complexity index is 1490. The Morgan fingerprint density at radius 1 is 1.08 bits per heavy atom. The van der Waals surface area contributed by atoms with Crippen molar-refractivity contribution in [1.82, 2.24) is 4.90 Å². The fourth-order valence-corrected chi connectivity index (χ4v) is 4.95. The number of hydrogen-bond donors (Lipinski definition) is 0. The zero-order valence-electron chi connectivity index (χ0n) is 19.8. The van der Waals surface area contributed by atoms with E-state index in [4.69, 9.17) is 30.5 Å². The van der Waals surface area contributed by atoms with Crippen molar-refractivity contribution in [2.24, 2.45) is 0 Å². The van der Waals surface area contributed by atoms with Crippen LogP contribution in [0.5, 0.6) is 23.0 Å². The van der Waals surface area contributed by atoms with Crippen LogP contribution in [-0.2, 0) is 17.9 Å². The van der Waals surface area contributed by atoms with Gasteiger partial charge in [-0.1, -0.05) is 29.8 Å². The molecule has 1 fully saturated rings. The third-order valence-electron chi connectivity index (χ3n) is 5.80. The molecule has 12 heteroatoms. The number of fused-ring (bicyclic) bond motifs is 1. The summed E-state index contributed by atoms with van der Waals surface area (Å²) in [7, 11) is 1.46. The zero-order valence-corrected chi connectivity index (χ0v) is 21.4. The van der Waals surface area contributed by atoms with Gasteiger partial charge in [0.25, 0.3) is 16.8 Å². The average molecular weight is 555 g/mol. The van der Waals surface area contributed by atoms with Crippen LogP contribution in [0.2, 0.25) is 5.02 Å². The number of nitro groups is 1. The number of ether oxygens (including phenoxy) is 4. The molecule has 38 heavy (non-hydrogen) atoms. The molecule has 1 saturated heterocycles. The van der Waals surface area contributed by atoms with E-state index in [2.05, 4.69) is 0 Å². The summed E-state index contributed by atoms with van der Waals surface area (Å²) in [6.45, 7) is 0.0340. The van der Waals surface area contributed by atoms with Crippen molar-refractivity contribution in [2.45, 2.75) is 13.2 Å². The van der Waals surface area contributed by atoms with Crippen molar-refractivity contribution >= 4 is 46.3 Å². The molecule has 0 spiro atoms. The largest absolute Gasteiger partial charge is 0.493 e. The highest BCUT2D eigenvalue weighted by Gasteiger charge is 2.36. The first-order valence-corrected chi connectivity index (χ1v) is 12.4. The Hall–Kier alpha value is -4.22. The fraction of sp³-hybridized carbons (Fsp3) is 0.154. The number of nitrogens with zero attached hydrogens (tertiary/aromatic N) is 2. The Morgan fingerprint density at radius 3 is 2.61 bits per heavy atom. The number of methoxy groups -OCH3 is 1. The number of imide groups is 1. The molecule has 0 aromatic heterocycles. The van der Waals surface area contributed by atoms with E-state index in [-0.39, 0.29) is 30.5 Å². The minimum Gasteiger partial charge on any atom is -0.493 e. The molecule has 2 amide bonds. The maximum atomic E-state index is 13.0. The maximum Gasteiger partial charge on any atom is 0.293 e. The van der Waals surface area contributed by atoms with Gasteiger partial charge in [-0.2, -0.15) is 0 Å². The van der Waals surface area contributed by atoms with Crippen molar-refractivity contribution in [2.75, 3.05) is 13.9 Å². The topological polar surface area (TPSA) is 117 Å². The number of hydrogen-bond acceptors (Lipinski definition) is 9. The molecule has 0 radical (unpaired) electrons. The molecule has 0 unspecified atom stereocenters. The summed E-state index contributed by atoms with van der Waals surface area (Å²) >= 11 is 7.14. The number of amides is 2. The quantitative estimate of drug-likeness (QED) is 0.193. The van der Waals surface area contributed by atoms with Crippen LogP contribution in [0.4, 0.5) is 10.5 Å². The molecule has 0 bridgehead atoms. The highest BCUT2D eigenvalue weighted by atomic mass is 35.5. The van der Waals surface area contributed by atoms with Crippen molar-refractivity contribution in [1.29, 1.82) is 0 Å².